The van der Waals surface area contributed by atoms with E-state index in [0.717, 1.165) is 12.2 Å². The fourth-order valence-corrected chi connectivity index (χ4v) is 1.50. The van der Waals surface area contributed by atoms with E-state index in [2.05, 4.69) is 34.6 Å². The molecule has 1 heterocycles. The first-order chi connectivity index (χ1) is 5.29. The second-order valence-electron chi connectivity index (χ2n) is 2.19. The zero-order chi connectivity index (χ0) is 8.27. The van der Waals surface area contributed by atoms with Crippen molar-refractivity contribution in [3.63, 3.8) is 0 Å². The van der Waals surface area contributed by atoms with Crippen LogP contribution >= 0.6 is 22.6 Å². The van der Waals surface area contributed by atoms with Crippen molar-refractivity contribution in [2.75, 3.05) is 7.11 Å². The Morgan fingerprint density at radius 3 is 3.00 bits per heavy atom. The molecule has 0 saturated carbocycles. The van der Waals surface area contributed by atoms with Crippen LogP contribution in [0.2, 0.25) is 0 Å². The van der Waals surface area contributed by atoms with Crippen LogP contribution in [0, 0.1) is 3.57 Å². The maximum absolute atomic E-state index is 5.04. The van der Waals surface area contributed by atoms with Gasteiger partial charge in [0.2, 0.25) is 0 Å². The molecule has 0 atom stereocenters. The van der Waals surface area contributed by atoms with E-state index in [1.165, 1.54) is 3.57 Å². The molecule has 0 N–H and O–H groups in total. The minimum absolute atomic E-state index is 0.645. The molecule has 62 valence electrons. The average molecular weight is 266 g/mol. The smallest absolute Gasteiger partial charge is 0.0891 e. The fraction of sp³-hybridized carbons (Fsp3) is 0.571. The van der Waals surface area contributed by atoms with Gasteiger partial charge in [-0.15, -0.1) is 0 Å². The fourth-order valence-electron chi connectivity index (χ4n) is 0.941. The van der Waals surface area contributed by atoms with Crippen molar-refractivity contribution in [1.82, 2.24) is 9.78 Å². The van der Waals surface area contributed by atoms with E-state index < -0.39 is 0 Å². The second kappa shape index (κ2) is 4.06. The highest BCUT2D eigenvalue weighted by Crippen LogP contribution is 2.11. The van der Waals surface area contributed by atoms with Gasteiger partial charge in [0.15, 0.2) is 0 Å². The maximum atomic E-state index is 5.04. The van der Waals surface area contributed by atoms with Gasteiger partial charge in [-0.25, -0.2) is 0 Å². The van der Waals surface area contributed by atoms with Crippen LogP contribution in [0.3, 0.4) is 0 Å². The van der Waals surface area contributed by atoms with Gasteiger partial charge in [-0.2, -0.15) is 5.10 Å². The Balaban J connectivity index is 2.88. The number of aryl methyl sites for hydroxylation is 1. The van der Waals surface area contributed by atoms with Crippen LogP contribution in [0.25, 0.3) is 0 Å². The molecule has 4 heteroatoms. The lowest BCUT2D eigenvalue weighted by Gasteiger charge is -2.02. The third-order valence-electron chi connectivity index (χ3n) is 1.48. The molecular weight excluding hydrogens is 255 g/mol. The standard InChI is InChI=1S/C7H11IN2O/c1-3-10-7(5-11-2)6(8)4-9-10/h4H,3,5H2,1-2H3. The van der Waals surface area contributed by atoms with Crippen LogP contribution in [0.1, 0.15) is 12.6 Å². The summed E-state index contributed by atoms with van der Waals surface area (Å²) >= 11 is 2.26. The Hall–Kier alpha value is -0.100. The minimum atomic E-state index is 0.645. The lowest BCUT2D eigenvalue weighted by Crippen LogP contribution is -2.04. The summed E-state index contributed by atoms with van der Waals surface area (Å²) in [7, 11) is 1.70. The number of methoxy groups -OCH3 is 1. The first-order valence-electron chi connectivity index (χ1n) is 3.48. The molecule has 0 spiro atoms. The van der Waals surface area contributed by atoms with Gasteiger partial charge in [0, 0.05) is 13.7 Å². The maximum Gasteiger partial charge on any atom is 0.0891 e. The largest absolute Gasteiger partial charge is 0.378 e. The van der Waals surface area contributed by atoms with E-state index in [0.29, 0.717) is 6.61 Å². The van der Waals surface area contributed by atoms with Gasteiger partial charge in [-0.05, 0) is 29.5 Å². The quantitative estimate of drug-likeness (QED) is 0.778. The zero-order valence-corrected chi connectivity index (χ0v) is 8.83. The number of halogens is 1. The highest BCUT2D eigenvalue weighted by molar-refractivity contribution is 14.1. The monoisotopic (exact) mass is 266 g/mol. The molecule has 0 aromatic carbocycles. The number of rotatable bonds is 3. The SMILES string of the molecule is CCn1ncc(I)c1COC. The molecule has 1 rings (SSSR count). The van der Waals surface area contributed by atoms with Gasteiger partial charge in [-0.3, -0.25) is 4.68 Å². The third-order valence-corrected chi connectivity index (χ3v) is 2.38. The molecule has 11 heavy (non-hydrogen) atoms. The van der Waals surface area contributed by atoms with Gasteiger partial charge in [-0.1, -0.05) is 0 Å². The summed E-state index contributed by atoms with van der Waals surface area (Å²) < 4.78 is 8.17. The van der Waals surface area contributed by atoms with E-state index >= 15 is 0 Å². The Morgan fingerprint density at radius 2 is 2.45 bits per heavy atom. The molecule has 1 aromatic rings. The van der Waals surface area contributed by atoms with Crippen LogP contribution in [0.5, 0.6) is 0 Å². The molecule has 0 unspecified atom stereocenters. The van der Waals surface area contributed by atoms with Crippen molar-refractivity contribution in [2.24, 2.45) is 0 Å². The van der Waals surface area contributed by atoms with Crippen molar-refractivity contribution < 1.29 is 4.74 Å². The van der Waals surface area contributed by atoms with E-state index in [1.54, 1.807) is 7.11 Å². The minimum Gasteiger partial charge on any atom is -0.378 e. The summed E-state index contributed by atoms with van der Waals surface area (Å²) in [5.41, 5.74) is 1.16. The second-order valence-corrected chi connectivity index (χ2v) is 3.35. The molecule has 0 aliphatic carbocycles. The first kappa shape index (κ1) is 8.99. The van der Waals surface area contributed by atoms with Crippen molar-refractivity contribution >= 4 is 22.6 Å². The molecule has 0 aliphatic heterocycles. The highest BCUT2D eigenvalue weighted by atomic mass is 127. The van der Waals surface area contributed by atoms with Crippen LogP contribution in [0.4, 0.5) is 0 Å². The molecule has 0 bridgehead atoms. The number of ether oxygens (including phenoxy) is 1. The lowest BCUT2D eigenvalue weighted by atomic mass is 10.4. The third kappa shape index (κ3) is 1.93. The summed E-state index contributed by atoms with van der Waals surface area (Å²) in [6, 6.07) is 0. The molecule has 0 fully saturated rings. The first-order valence-corrected chi connectivity index (χ1v) is 4.56. The summed E-state index contributed by atoms with van der Waals surface area (Å²) in [5.74, 6) is 0. The number of hydrogen-bond acceptors (Lipinski definition) is 2. The molecule has 1 aromatic heterocycles. The van der Waals surface area contributed by atoms with E-state index in [-0.39, 0.29) is 0 Å². The van der Waals surface area contributed by atoms with Crippen LogP contribution in [0.15, 0.2) is 6.20 Å². The Labute approximate surface area is 79.9 Å². The van der Waals surface area contributed by atoms with Crippen molar-refractivity contribution in [3.8, 4) is 0 Å². The van der Waals surface area contributed by atoms with Gasteiger partial charge in [0.25, 0.3) is 0 Å². The van der Waals surface area contributed by atoms with Crippen molar-refractivity contribution in [1.29, 1.82) is 0 Å². The molecule has 0 amide bonds. The molecule has 3 nitrogen and oxygen atoms in total. The number of hydrogen-bond donors (Lipinski definition) is 0. The lowest BCUT2D eigenvalue weighted by molar-refractivity contribution is 0.176. The van der Waals surface area contributed by atoms with Crippen LogP contribution < -0.4 is 0 Å². The molecule has 0 radical (unpaired) electrons. The van der Waals surface area contributed by atoms with Crippen molar-refractivity contribution in [2.45, 2.75) is 20.1 Å². The average Bonchev–Trinajstić information content (AvgIpc) is 2.34. The van der Waals surface area contributed by atoms with Gasteiger partial charge in [0.05, 0.1) is 22.1 Å². The molecular formula is C7H11IN2O. The molecule has 0 saturated heterocycles. The topological polar surface area (TPSA) is 27.1 Å². The van der Waals surface area contributed by atoms with Gasteiger partial charge < -0.3 is 4.74 Å². The predicted molar refractivity (Wildman–Crippen MR) is 51.3 cm³/mol. The Kier molecular flexibility index (Phi) is 3.32. The number of nitrogens with zero attached hydrogens (tertiary/aromatic N) is 2. The number of aromatic nitrogens is 2. The molecule has 0 aliphatic rings. The summed E-state index contributed by atoms with van der Waals surface area (Å²) in [4.78, 5) is 0. The normalized spacial score (nSPS) is 10.5. The van der Waals surface area contributed by atoms with Crippen LogP contribution in [-0.4, -0.2) is 16.9 Å². The van der Waals surface area contributed by atoms with Crippen LogP contribution in [-0.2, 0) is 17.9 Å². The van der Waals surface area contributed by atoms with Gasteiger partial charge in [0.1, 0.15) is 0 Å². The zero-order valence-electron chi connectivity index (χ0n) is 6.67. The van der Waals surface area contributed by atoms with E-state index in [1.807, 2.05) is 10.9 Å². The Morgan fingerprint density at radius 1 is 1.73 bits per heavy atom. The van der Waals surface area contributed by atoms with E-state index in [9.17, 15) is 0 Å². The van der Waals surface area contributed by atoms with Crippen molar-refractivity contribution in [3.05, 3.63) is 15.5 Å². The summed E-state index contributed by atoms with van der Waals surface area (Å²) in [6.45, 7) is 3.62. The predicted octanol–water partition coefficient (Wildman–Crippen LogP) is 1.65. The van der Waals surface area contributed by atoms with E-state index in [4.69, 9.17) is 4.74 Å². The highest BCUT2D eigenvalue weighted by Gasteiger charge is 2.05. The Bertz CT molecular complexity index is 234. The summed E-state index contributed by atoms with van der Waals surface area (Å²) in [6.07, 6.45) is 1.86. The van der Waals surface area contributed by atoms with Gasteiger partial charge >= 0.3 is 0 Å². The summed E-state index contributed by atoms with van der Waals surface area (Å²) in [5, 5.41) is 4.18.